The molecule has 0 atom stereocenters. The van der Waals surface area contributed by atoms with Gasteiger partial charge in [-0.1, -0.05) is 19.4 Å². The molecule has 0 radical (unpaired) electrons. The van der Waals surface area contributed by atoms with Gasteiger partial charge in [0.2, 0.25) is 0 Å². The molecule has 0 spiro atoms. The standard InChI is InChI=1S/C14H16FN3OS/c1-3-5-9-8-12(18-17-9)16-14(19)13-10(15)6-4-7-11(13)20-2/h4,6-8H,3,5H2,1-2H3,(H2,16,17,18,19). The molecule has 1 aromatic heterocycles. The van der Waals surface area contributed by atoms with Crippen molar-refractivity contribution >= 4 is 23.5 Å². The fraction of sp³-hybridized carbons (Fsp3) is 0.286. The minimum absolute atomic E-state index is 0.0556. The van der Waals surface area contributed by atoms with Gasteiger partial charge in [-0.2, -0.15) is 5.10 Å². The van der Waals surface area contributed by atoms with Gasteiger partial charge in [-0.25, -0.2) is 4.39 Å². The first-order valence-corrected chi connectivity index (χ1v) is 7.56. The van der Waals surface area contributed by atoms with Crippen molar-refractivity contribution in [2.24, 2.45) is 0 Å². The van der Waals surface area contributed by atoms with E-state index in [1.54, 1.807) is 24.5 Å². The van der Waals surface area contributed by atoms with Crippen molar-refractivity contribution < 1.29 is 9.18 Å². The van der Waals surface area contributed by atoms with Crippen molar-refractivity contribution in [2.75, 3.05) is 11.6 Å². The Bertz CT molecular complexity index is 612. The number of carbonyl (C=O) groups is 1. The zero-order valence-corrected chi connectivity index (χ0v) is 12.2. The Balaban J connectivity index is 2.19. The van der Waals surface area contributed by atoms with Crippen molar-refractivity contribution in [2.45, 2.75) is 24.7 Å². The van der Waals surface area contributed by atoms with E-state index < -0.39 is 11.7 Å². The molecule has 2 rings (SSSR count). The molecule has 0 unspecified atom stereocenters. The van der Waals surface area contributed by atoms with Gasteiger partial charge in [0.25, 0.3) is 5.91 Å². The van der Waals surface area contributed by atoms with Gasteiger partial charge >= 0.3 is 0 Å². The number of thioether (sulfide) groups is 1. The van der Waals surface area contributed by atoms with Crippen molar-refractivity contribution in [3.63, 3.8) is 0 Å². The van der Waals surface area contributed by atoms with Crippen LogP contribution < -0.4 is 5.32 Å². The van der Waals surface area contributed by atoms with E-state index in [-0.39, 0.29) is 5.56 Å². The molecule has 0 saturated carbocycles. The quantitative estimate of drug-likeness (QED) is 0.830. The molecule has 0 aliphatic heterocycles. The maximum atomic E-state index is 13.8. The first-order chi connectivity index (χ1) is 9.65. The lowest BCUT2D eigenvalue weighted by atomic mass is 10.2. The molecule has 1 amide bonds. The molecule has 1 heterocycles. The van der Waals surface area contributed by atoms with Crippen LogP contribution in [0.15, 0.2) is 29.2 Å². The maximum absolute atomic E-state index is 13.8. The largest absolute Gasteiger partial charge is 0.305 e. The summed E-state index contributed by atoms with van der Waals surface area (Å²) in [7, 11) is 0. The van der Waals surface area contributed by atoms with Crippen LogP contribution in [0.25, 0.3) is 0 Å². The number of aromatic amines is 1. The number of anilines is 1. The number of nitrogens with one attached hydrogen (secondary N) is 2. The van der Waals surface area contributed by atoms with Gasteiger partial charge in [0, 0.05) is 16.7 Å². The number of nitrogens with zero attached hydrogens (tertiary/aromatic N) is 1. The number of benzene rings is 1. The number of aromatic nitrogens is 2. The highest BCUT2D eigenvalue weighted by Crippen LogP contribution is 2.23. The molecule has 2 aromatic rings. The molecule has 0 saturated heterocycles. The Kier molecular flexibility index (Phi) is 4.79. The molecule has 106 valence electrons. The summed E-state index contributed by atoms with van der Waals surface area (Å²) in [4.78, 5) is 12.8. The summed E-state index contributed by atoms with van der Waals surface area (Å²) < 4.78 is 13.8. The minimum atomic E-state index is -0.529. The van der Waals surface area contributed by atoms with Crippen LogP contribution in [-0.2, 0) is 6.42 Å². The van der Waals surface area contributed by atoms with Crippen LogP contribution in [0, 0.1) is 5.82 Å². The van der Waals surface area contributed by atoms with Crippen LogP contribution in [0.4, 0.5) is 10.2 Å². The summed E-state index contributed by atoms with van der Waals surface area (Å²) in [6.07, 6.45) is 3.65. The zero-order chi connectivity index (χ0) is 14.5. The number of H-pyrrole nitrogens is 1. The first-order valence-electron chi connectivity index (χ1n) is 6.33. The van der Waals surface area contributed by atoms with Crippen LogP contribution in [-0.4, -0.2) is 22.4 Å². The third-order valence-electron chi connectivity index (χ3n) is 2.81. The monoisotopic (exact) mass is 293 g/mol. The Morgan fingerprint density at radius 3 is 3.00 bits per heavy atom. The van der Waals surface area contributed by atoms with E-state index in [0.29, 0.717) is 10.7 Å². The maximum Gasteiger partial charge on any atom is 0.260 e. The lowest BCUT2D eigenvalue weighted by molar-refractivity contribution is 0.102. The Hall–Kier alpha value is -1.82. The molecule has 0 aliphatic carbocycles. The van der Waals surface area contributed by atoms with Crippen LogP contribution in [0.5, 0.6) is 0 Å². The van der Waals surface area contributed by atoms with Gasteiger partial charge < -0.3 is 5.32 Å². The number of rotatable bonds is 5. The fourth-order valence-corrected chi connectivity index (χ4v) is 2.51. The van der Waals surface area contributed by atoms with Gasteiger partial charge in [-0.15, -0.1) is 11.8 Å². The highest BCUT2D eigenvalue weighted by molar-refractivity contribution is 7.98. The summed E-state index contributed by atoms with van der Waals surface area (Å²) in [6, 6.07) is 6.35. The molecule has 0 bridgehead atoms. The van der Waals surface area contributed by atoms with E-state index in [4.69, 9.17) is 0 Å². The van der Waals surface area contributed by atoms with E-state index in [1.165, 1.54) is 17.8 Å². The van der Waals surface area contributed by atoms with E-state index in [2.05, 4.69) is 22.4 Å². The number of hydrogen-bond acceptors (Lipinski definition) is 3. The second kappa shape index (κ2) is 6.56. The SMILES string of the molecule is CCCc1cc(NC(=O)c2c(F)cccc2SC)n[nH]1. The van der Waals surface area contributed by atoms with Crippen LogP contribution >= 0.6 is 11.8 Å². The predicted octanol–water partition coefficient (Wildman–Crippen LogP) is 3.48. The predicted molar refractivity (Wildman–Crippen MR) is 78.7 cm³/mol. The van der Waals surface area contributed by atoms with Gasteiger partial charge in [0.05, 0.1) is 5.56 Å². The zero-order valence-electron chi connectivity index (χ0n) is 11.4. The normalized spacial score (nSPS) is 10.6. The highest BCUT2D eigenvalue weighted by Gasteiger charge is 2.17. The van der Waals surface area contributed by atoms with Crippen LogP contribution in [0.1, 0.15) is 29.4 Å². The molecule has 20 heavy (non-hydrogen) atoms. The topological polar surface area (TPSA) is 57.8 Å². The van der Waals surface area contributed by atoms with Gasteiger partial charge in [-0.3, -0.25) is 9.89 Å². The van der Waals surface area contributed by atoms with E-state index in [0.717, 1.165) is 18.5 Å². The van der Waals surface area contributed by atoms with E-state index in [1.807, 2.05) is 0 Å². The number of aryl methyl sites for hydroxylation is 1. The number of carbonyl (C=O) groups excluding carboxylic acids is 1. The van der Waals surface area contributed by atoms with Gasteiger partial charge in [-0.05, 0) is 24.8 Å². The smallest absolute Gasteiger partial charge is 0.260 e. The van der Waals surface area contributed by atoms with Crippen molar-refractivity contribution in [1.29, 1.82) is 0 Å². The second-order valence-electron chi connectivity index (χ2n) is 4.30. The van der Waals surface area contributed by atoms with Crippen molar-refractivity contribution in [3.8, 4) is 0 Å². The van der Waals surface area contributed by atoms with Crippen molar-refractivity contribution in [3.05, 3.63) is 41.3 Å². The summed E-state index contributed by atoms with van der Waals surface area (Å²) in [6.45, 7) is 2.06. The molecular weight excluding hydrogens is 277 g/mol. The summed E-state index contributed by atoms with van der Waals surface area (Å²) in [5.41, 5.74) is 1.00. The van der Waals surface area contributed by atoms with Crippen LogP contribution in [0.3, 0.4) is 0 Å². The molecule has 2 N–H and O–H groups in total. The third-order valence-corrected chi connectivity index (χ3v) is 3.59. The highest BCUT2D eigenvalue weighted by atomic mass is 32.2. The van der Waals surface area contributed by atoms with E-state index in [9.17, 15) is 9.18 Å². The Labute approximate surface area is 121 Å². The van der Waals surface area contributed by atoms with Crippen molar-refractivity contribution in [1.82, 2.24) is 10.2 Å². The lowest BCUT2D eigenvalue weighted by Gasteiger charge is -2.07. The molecule has 1 aromatic carbocycles. The number of amides is 1. The molecular formula is C14H16FN3OS. The Morgan fingerprint density at radius 2 is 2.30 bits per heavy atom. The molecule has 0 aliphatic rings. The third kappa shape index (κ3) is 3.19. The minimum Gasteiger partial charge on any atom is -0.305 e. The second-order valence-corrected chi connectivity index (χ2v) is 5.15. The summed E-state index contributed by atoms with van der Waals surface area (Å²) in [5, 5.41) is 9.46. The van der Waals surface area contributed by atoms with Crippen LogP contribution in [0.2, 0.25) is 0 Å². The average molecular weight is 293 g/mol. The van der Waals surface area contributed by atoms with E-state index >= 15 is 0 Å². The summed E-state index contributed by atoms with van der Waals surface area (Å²) >= 11 is 1.33. The van der Waals surface area contributed by atoms with Gasteiger partial charge in [0.15, 0.2) is 5.82 Å². The summed E-state index contributed by atoms with van der Waals surface area (Å²) in [5.74, 6) is -0.602. The first kappa shape index (κ1) is 14.6. The fourth-order valence-electron chi connectivity index (χ4n) is 1.90. The lowest BCUT2D eigenvalue weighted by Crippen LogP contribution is -2.15. The number of halogens is 1. The molecule has 6 heteroatoms. The average Bonchev–Trinajstić information content (AvgIpc) is 2.86. The molecule has 4 nitrogen and oxygen atoms in total. The number of hydrogen-bond donors (Lipinski definition) is 2. The molecule has 0 fully saturated rings. The Morgan fingerprint density at radius 1 is 1.50 bits per heavy atom. The van der Waals surface area contributed by atoms with Gasteiger partial charge in [0.1, 0.15) is 5.82 Å².